The van der Waals surface area contributed by atoms with Gasteiger partial charge in [0.1, 0.15) is 11.5 Å². The minimum absolute atomic E-state index is 0.00694. The fourth-order valence-electron chi connectivity index (χ4n) is 3.86. The third kappa shape index (κ3) is 3.46. The molecule has 1 aliphatic rings. The lowest BCUT2D eigenvalue weighted by Gasteiger charge is -2.39. The first-order chi connectivity index (χ1) is 13.7. The summed E-state index contributed by atoms with van der Waals surface area (Å²) >= 11 is 0. The van der Waals surface area contributed by atoms with E-state index in [1.54, 1.807) is 12.1 Å². The van der Waals surface area contributed by atoms with E-state index in [9.17, 15) is 4.79 Å². The Labute approximate surface area is 171 Å². The van der Waals surface area contributed by atoms with Crippen molar-refractivity contribution in [3.63, 3.8) is 0 Å². The summed E-state index contributed by atoms with van der Waals surface area (Å²) in [7, 11) is 1.37. The van der Waals surface area contributed by atoms with Crippen LogP contribution in [0.25, 0.3) is 22.8 Å². The molecule has 0 radical (unpaired) electrons. The highest BCUT2D eigenvalue weighted by Crippen LogP contribution is 2.44. The van der Waals surface area contributed by atoms with Crippen molar-refractivity contribution in [1.29, 1.82) is 0 Å². The lowest BCUT2D eigenvalue weighted by atomic mass is 9.67. The van der Waals surface area contributed by atoms with Gasteiger partial charge in [-0.25, -0.2) is 9.78 Å². The first-order valence-electron chi connectivity index (χ1n) is 9.88. The molecule has 0 atom stereocenters. The van der Waals surface area contributed by atoms with E-state index in [-0.39, 0.29) is 16.8 Å². The number of hydrogen-bond acceptors (Lipinski definition) is 5. The Bertz CT molecular complexity index is 1060. The third-order valence-electron chi connectivity index (χ3n) is 5.88. The molecule has 0 N–H and O–H groups in total. The molecule has 5 heteroatoms. The Morgan fingerprint density at radius 3 is 2.21 bits per heavy atom. The third-order valence-corrected chi connectivity index (χ3v) is 5.88. The van der Waals surface area contributed by atoms with Gasteiger partial charge in [-0.2, -0.15) is 0 Å². The molecule has 0 unspecified atom stereocenters. The molecule has 150 valence electrons. The number of benzene rings is 1. The van der Waals surface area contributed by atoms with Gasteiger partial charge in [0.05, 0.1) is 30.3 Å². The van der Waals surface area contributed by atoms with Crippen LogP contribution in [0.3, 0.4) is 0 Å². The zero-order valence-corrected chi connectivity index (χ0v) is 17.6. The number of furan rings is 1. The zero-order chi connectivity index (χ0) is 20.8. The van der Waals surface area contributed by atoms with E-state index in [4.69, 9.17) is 19.1 Å². The van der Waals surface area contributed by atoms with Crippen LogP contribution in [0, 0.1) is 0 Å². The first kappa shape index (κ1) is 19.4. The molecule has 0 amide bonds. The molecule has 0 saturated carbocycles. The Hall–Kier alpha value is -2.95. The van der Waals surface area contributed by atoms with Crippen LogP contribution in [0.5, 0.6) is 0 Å². The fourth-order valence-corrected chi connectivity index (χ4v) is 3.86. The summed E-state index contributed by atoms with van der Waals surface area (Å²) in [5.74, 6) is 1.05. The minimum Gasteiger partial charge on any atom is -0.465 e. The number of ether oxygens (including phenoxy) is 1. The van der Waals surface area contributed by atoms with Crippen molar-refractivity contribution < 1.29 is 13.9 Å². The topological polar surface area (TPSA) is 65.2 Å². The molecule has 3 aromatic rings. The van der Waals surface area contributed by atoms with Crippen LogP contribution in [0.15, 0.2) is 47.0 Å². The lowest BCUT2D eigenvalue weighted by molar-refractivity contribution is 0.0600. The summed E-state index contributed by atoms with van der Waals surface area (Å²) in [5, 5.41) is 0. The van der Waals surface area contributed by atoms with Crippen molar-refractivity contribution in [2.24, 2.45) is 0 Å². The van der Waals surface area contributed by atoms with Crippen molar-refractivity contribution in [2.45, 2.75) is 51.4 Å². The molecule has 0 aliphatic heterocycles. The number of nitrogens with zero attached hydrogens (tertiary/aromatic N) is 2. The van der Waals surface area contributed by atoms with Gasteiger partial charge in [-0.05, 0) is 37.1 Å². The minimum atomic E-state index is -0.355. The largest absolute Gasteiger partial charge is 0.465 e. The summed E-state index contributed by atoms with van der Waals surface area (Å²) in [5.41, 5.74) is 4.31. The van der Waals surface area contributed by atoms with E-state index in [1.807, 2.05) is 30.5 Å². The summed E-state index contributed by atoms with van der Waals surface area (Å²) in [6.07, 6.45) is 4.00. The summed E-state index contributed by atoms with van der Waals surface area (Å²) < 4.78 is 10.8. The summed E-state index contributed by atoms with van der Waals surface area (Å²) in [6.45, 7) is 8.93. The molecule has 4 rings (SSSR count). The number of aromatic nitrogens is 2. The van der Waals surface area contributed by atoms with E-state index >= 15 is 0 Å². The Kier molecular flexibility index (Phi) is 4.56. The highest BCUT2D eigenvalue weighted by Gasteiger charge is 2.39. The maximum absolute atomic E-state index is 11.6. The van der Waals surface area contributed by atoms with Crippen LogP contribution in [-0.2, 0) is 15.6 Å². The van der Waals surface area contributed by atoms with Gasteiger partial charge in [0.25, 0.3) is 0 Å². The van der Waals surface area contributed by atoms with Crippen molar-refractivity contribution in [1.82, 2.24) is 9.97 Å². The molecule has 0 saturated heterocycles. The van der Waals surface area contributed by atoms with Gasteiger partial charge >= 0.3 is 5.97 Å². The van der Waals surface area contributed by atoms with Crippen LogP contribution in [-0.4, -0.2) is 23.0 Å². The average Bonchev–Trinajstić information content (AvgIpc) is 3.21. The lowest BCUT2D eigenvalue weighted by Crippen LogP contribution is -2.36. The van der Waals surface area contributed by atoms with Gasteiger partial charge in [-0.3, -0.25) is 4.98 Å². The van der Waals surface area contributed by atoms with E-state index in [1.165, 1.54) is 7.11 Å². The molecule has 2 heterocycles. The first-order valence-corrected chi connectivity index (χ1v) is 9.88. The van der Waals surface area contributed by atoms with Crippen LogP contribution in [0.2, 0.25) is 0 Å². The number of esters is 1. The average molecular weight is 390 g/mol. The SMILES string of the molecule is COC(=O)c1ccc(-c2ccc(-c3cnc4c(n3)C(C)(C)CCC4(C)C)o2)cc1. The Morgan fingerprint density at radius 1 is 0.931 bits per heavy atom. The van der Waals surface area contributed by atoms with Crippen LogP contribution in [0.4, 0.5) is 0 Å². The molecule has 5 nitrogen and oxygen atoms in total. The van der Waals surface area contributed by atoms with Crippen molar-refractivity contribution >= 4 is 5.97 Å². The normalized spacial score (nSPS) is 16.9. The Balaban J connectivity index is 1.68. The smallest absolute Gasteiger partial charge is 0.337 e. The number of rotatable bonds is 3. The number of methoxy groups -OCH3 is 1. The van der Waals surface area contributed by atoms with E-state index < -0.39 is 0 Å². The molecule has 1 aliphatic carbocycles. The van der Waals surface area contributed by atoms with Gasteiger partial charge < -0.3 is 9.15 Å². The standard InChI is InChI=1S/C24H26N2O3/c1-23(2)12-13-24(3,4)21-20(23)25-14-17(26-21)19-11-10-18(29-19)15-6-8-16(9-7-15)22(27)28-5/h6-11,14H,12-13H2,1-5H3. The number of hydrogen-bond donors (Lipinski definition) is 0. The van der Waals surface area contributed by atoms with Crippen molar-refractivity contribution in [2.75, 3.05) is 7.11 Å². The number of carbonyl (C=O) groups is 1. The second-order valence-electron chi connectivity index (χ2n) is 8.95. The van der Waals surface area contributed by atoms with Gasteiger partial charge in [-0.15, -0.1) is 0 Å². The van der Waals surface area contributed by atoms with E-state index in [2.05, 4.69) is 27.7 Å². The van der Waals surface area contributed by atoms with Crippen LogP contribution >= 0.6 is 0 Å². The molecular weight excluding hydrogens is 364 g/mol. The Morgan fingerprint density at radius 2 is 1.55 bits per heavy atom. The molecule has 0 fully saturated rings. The van der Waals surface area contributed by atoms with Gasteiger partial charge in [0, 0.05) is 16.4 Å². The highest BCUT2D eigenvalue weighted by molar-refractivity contribution is 5.89. The molecule has 0 bridgehead atoms. The number of fused-ring (bicyclic) bond motifs is 1. The second kappa shape index (κ2) is 6.83. The zero-order valence-electron chi connectivity index (χ0n) is 17.6. The van der Waals surface area contributed by atoms with Gasteiger partial charge in [0.15, 0.2) is 5.76 Å². The van der Waals surface area contributed by atoms with Gasteiger partial charge in [-0.1, -0.05) is 39.8 Å². The fraction of sp³-hybridized carbons (Fsp3) is 0.375. The summed E-state index contributed by atoms with van der Waals surface area (Å²) in [6, 6.07) is 11.0. The van der Waals surface area contributed by atoms with Crippen molar-refractivity contribution in [3.8, 4) is 22.8 Å². The van der Waals surface area contributed by atoms with E-state index in [0.29, 0.717) is 11.3 Å². The predicted molar refractivity (Wildman–Crippen MR) is 112 cm³/mol. The molecule has 2 aromatic heterocycles. The van der Waals surface area contributed by atoms with Gasteiger partial charge in [0.2, 0.25) is 0 Å². The monoisotopic (exact) mass is 390 g/mol. The quantitative estimate of drug-likeness (QED) is 0.549. The van der Waals surface area contributed by atoms with Crippen LogP contribution < -0.4 is 0 Å². The molecule has 29 heavy (non-hydrogen) atoms. The number of carbonyl (C=O) groups excluding carboxylic acids is 1. The molecule has 0 spiro atoms. The van der Waals surface area contributed by atoms with Crippen molar-refractivity contribution in [3.05, 3.63) is 59.5 Å². The predicted octanol–water partition coefficient (Wildman–Crippen LogP) is 5.54. The molecule has 1 aromatic carbocycles. The van der Waals surface area contributed by atoms with E-state index in [0.717, 1.165) is 41.2 Å². The maximum atomic E-state index is 11.6. The molecular formula is C24H26N2O3. The maximum Gasteiger partial charge on any atom is 0.337 e. The highest BCUT2D eigenvalue weighted by atomic mass is 16.5. The second-order valence-corrected chi connectivity index (χ2v) is 8.95. The summed E-state index contributed by atoms with van der Waals surface area (Å²) in [4.78, 5) is 21.4. The van der Waals surface area contributed by atoms with Crippen LogP contribution in [0.1, 0.15) is 62.3 Å².